The first-order valence-electron chi connectivity index (χ1n) is 4.56. The summed E-state index contributed by atoms with van der Waals surface area (Å²) in [6.07, 6.45) is 0.734. The minimum atomic E-state index is -1.11. The van der Waals surface area contributed by atoms with Gasteiger partial charge in [0, 0.05) is 6.54 Å². The van der Waals surface area contributed by atoms with E-state index in [2.05, 4.69) is 5.32 Å². The number of rotatable bonds is 3. The number of aromatic hydroxyl groups is 2. The molecule has 0 aliphatic carbocycles. The van der Waals surface area contributed by atoms with Crippen LogP contribution in [0.4, 0.5) is 4.39 Å². The van der Waals surface area contributed by atoms with Crippen LogP contribution in [-0.2, 0) is 0 Å². The average molecular weight is 213 g/mol. The molecule has 3 N–H and O–H groups in total. The van der Waals surface area contributed by atoms with Crippen molar-refractivity contribution in [1.82, 2.24) is 5.32 Å². The molecule has 0 saturated carbocycles. The van der Waals surface area contributed by atoms with Gasteiger partial charge in [-0.15, -0.1) is 0 Å². The molecule has 5 heteroatoms. The molecule has 0 aliphatic rings. The minimum Gasteiger partial charge on any atom is -0.504 e. The minimum absolute atomic E-state index is 0.279. The fourth-order valence-corrected chi connectivity index (χ4v) is 1.06. The van der Waals surface area contributed by atoms with E-state index in [0.29, 0.717) is 6.54 Å². The summed E-state index contributed by atoms with van der Waals surface area (Å²) in [5.74, 6) is -3.20. The van der Waals surface area contributed by atoms with Crippen LogP contribution in [0.25, 0.3) is 0 Å². The lowest BCUT2D eigenvalue weighted by Gasteiger charge is -2.06. The van der Waals surface area contributed by atoms with E-state index in [4.69, 9.17) is 10.2 Å². The molecule has 0 spiro atoms. The van der Waals surface area contributed by atoms with Gasteiger partial charge < -0.3 is 15.5 Å². The van der Waals surface area contributed by atoms with Crippen molar-refractivity contribution >= 4 is 5.91 Å². The number of carbonyl (C=O) groups is 1. The second kappa shape index (κ2) is 4.63. The van der Waals surface area contributed by atoms with Gasteiger partial charge in [0.15, 0.2) is 17.3 Å². The smallest absolute Gasteiger partial charge is 0.254 e. The summed E-state index contributed by atoms with van der Waals surface area (Å²) in [5, 5.41) is 20.5. The van der Waals surface area contributed by atoms with Gasteiger partial charge in [0.05, 0.1) is 5.56 Å². The van der Waals surface area contributed by atoms with Gasteiger partial charge in [-0.2, -0.15) is 0 Å². The van der Waals surface area contributed by atoms with Crippen molar-refractivity contribution in [2.75, 3.05) is 6.54 Å². The van der Waals surface area contributed by atoms with Gasteiger partial charge in [0.2, 0.25) is 0 Å². The fraction of sp³-hybridized carbons (Fsp3) is 0.300. The highest BCUT2D eigenvalue weighted by Crippen LogP contribution is 2.29. The van der Waals surface area contributed by atoms with Crippen molar-refractivity contribution in [2.45, 2.75) is 13.3 Å². The van der Waals surface area contributed by atoms with Gasteiger partial charge in [-0.1, -0.05) is 6.92 Å². The van der Waals surface area contributed by atoms with Crippen LogP contribution in [0.15, 0.2) is 12.1 Å². The van der Waals surface area contributed by atoms with E-state index in [0.717, 1.165) is 18.6 Å². The van der Waals surface area contributed by atoms with Crippen molar-refractivity contribution in [2.24, 2.45) is 0 Å². The maximum absolute atomic E-state index is 13.3. The Kier molecular flexibility index (Phi) is 3.49. The van der Waals surface area contributed by atoms with E-state index >= 15 is 0 Å². The van der Waals surface area contributed by atoms with Crippen LogP contribution in [0.5, 0.6) is 11.5 Å². The van der Waals surface area contributed by atoms with Gasteiger partial charge in [-0.3, -0.25) is 4.79 Å². The van der Waals surface area contributed by atoms with Gasteiger partial charge in [-0.25, -0.2) is 4.39 Å². The molecule has 0 atom stereocenters. The first-order valence-corrected chi connectivity index (χ1v) is 4.56. The normalized spacial score (nSPS) is 10.0. The highest BCUT2D eigenvalue weighted by Gasteiger charge is 2.16. The maximum atomic E-state index is 13.3. The molecule has 0 aliphatic heterocycles. The molecule has 82 valence electrons. The standard InChI is InChI=1S/C10H12FNO3/c1-2-5-12-10(15)6-3-4-7(13)9(14)8(6)11/h3-4,13-14H,2,5H2,1H3,(H,12,15). The quantitative estimate of drug-likeness (QED) is 0.664. The number of benzene rings is 1. The largest absolute Gasteiger partial charge is 0.504 e. The third kappa shape index (κ3) is 2.37. The Morgan fingerprint density at radius 1 is 1.47 bits per heavy atom. The molecule has 1 aromatic carbocycles. The molecule has 1 rings (SSSR count). The van der Waals surface area contributed by atoms with E-state index in [1.165, 1.54) is 0 Å². The summed E-state index contributed by atoms with van der Waals surface area (Å²) in [7, 11) is 0. The topological polar surface area (TPSA) is 69.6 Å². The first-order chi connectivity index (χ1) is 7.07. The van der Waals surface area contributed by atoms with Crippen LogP contribution in [0, 0.1) is 5.82 Å². The monoisotopic (exact) mass is 213 g/mol. The van der Waals surface area contributed by atoms with E-state index in [1.54, 1.807) is 0 Å². The van der Waals surface area contributed by atoms with E-state index in [1.807, 2.05) is 6.92 Å². The van der Waals surface area contributed by atoms with Crippen LogP contribution in [0.3, 0.4) is 0 Å². The highest BCUT2D eigenvalue weighted by molar-refractivity contribution is 5.95. The Morgan fingerprint density at radius 2 is 2.13 bits per heavy atom. The van der Waals surface area contributed by atoms with Gasteiger partial charge in [0.1, 0.15) is 0 Å². The lowest BCUT2D eigenvalue weighted by molar-refractivity contribution is 0.0948. The summed E-state index contributed by atoms with van der Waals surface area (Å²) in [4.78, 5) is 11.3. The summed E-state index contributed by atoms with van der Waals surface area (Å²) in [6, 6.07) is 2.19. The predicted octanol–water partition coefficient (Wildman–Crippen LogP) is 1.38. The molecule has 0 bridgehead atoms. The molecule has 0 saturated heterocycles. The maximum Gasteiger partial charge on any atom is 0.254 e. The molecular formula is C10H12FNO3. The predicted molar refractivity (Wildman–Crippen MR) is 52.4 cm³/mol. The van der Waals surface area contributed by atoms with Crippen molar-refractivity contribution in [3.63, 3.8) is 0 Å². The summed E-state index contributed by atoms with van der Waals surface area (Å²) < 4.78 is 13.3. The summed E-state index contributed by atoms with van der Waals surface area (Å²) in [5.41, 5.74) is -0.279. The van der Waals surface area contributed by atoms with Crippen LogP contribution in [0.2, 0.25) is 0 Å². The van der Waals surface area contributed by atoms with Gasteiger partial charge in [0.25, 0.3) is 5.91 Å². The number of amides is 1. The molecule has 0 radical (unpaired) electrons. The summed E-state index contributed by atoms with van der Waals surface area (Å²) >= 11 is 0. The fourth-order valence-electron chi connectivity index (χ4n) is 1.06. The van der Waals surface area contributed by atoms with Crippen LogP contribution >= 0.6 is 0 Å². The van der Waals surface area contributed by atoms with Crippen molar-refractivity contribution in [3.8, 4) is 11.5 Å². The molecule has 0 unspecified atom stereocenters. The van der Waals surface area contributed by atoms with Crippen molar-refractivity contribution in [3.05, 3.63) is 23.5 Å². The zero-order valence-electron chi connectivity index (χ0n) is 8.25. The third-order valence-electron chi connectivity index (χ3n) is 1.88. The molecule has 4 nitrogen and oxygen atoms in total. The molecule has 0 aromatic heterocycles. The van der Waals surface area contributed by atoms with E-state index in [-0.39, 0.29) is 5.56 Å². The molecule has 0 heterocycles. The number of phenols is 2. The van der Waals surface area contributed by atoms with Crippen LogP contribution in [0.1, 0.15) is 23.7 Å². The van der Waals surface area contributed by atoms with Crippen molar-refractivity contribution < 1.29 is 19.4 Å². The van der Waals surface area contributed by atoms with Gasteiger partial charge in [-0.05, 0) is 18.6 Å². The Labute approximate surface area is 86.4 Å². The van der Waals surface area contributed by atoms with Gasteiger partial charge >= 0.3 is 0 Å². The summed E-state index contributed by atoms with van der Waals surface area (Å²) in [6.45, 7) is 2.30. The highest BCUT2D eigenvalue weighted by atomic mass is 19.1. The zero-order valence-corrected chi connectivity index (χ0v) is 8.25. The van der Waals surface area contributed by atoms with Crippen LogP contribution < -0.4 is 5.32 Å². The Bertz CT molecular complexity index is 379. The Hall–Kier alpha value is -1.78. The molecule has 1 amide bonds. The second-order valence-corrected chi connectivity index (χ2v) is 3.05. The lowest BCUT2D eigenvalue weighted by atomic mass is 10.1. The number of hydrogen-bond acceptors (Lipinski definition) is 3. The number of hydrogen-bond donors (Lipinski definition) is 3. The number of halogens is 1. The SMILES string of the molecule is CCCNC(=O)c1ccc(O)c(O)c1F. The van der Waals surface area contributed by atoms with E-state index in [9.17, 15) is 9.18 Å². The van der Waals surface area contributed by atoms with Crippen LogP contribution in [-0.4, -0.2) is 22.7 Å². The zero-order chi connectivity index (χ0) is 11.4. The van der Waals surface area contributed by atoms with Crippen molar-refractivity contribution in [1.29, 1.82) is 0 Å². The number of nitrogens with one attached hydrogen (secondary N) is 1. The Morgan fingerprint density at radius 3 is 2.73 bits per heavy atom. The molecule has 15 heavy (non-hydrogen) atoms. The number of phenolic OH excluding ortho intramolecular Hbond substituents is 2. The average Bonchev–Trinajstić information content (AvgIpc) is 2.23. The molecular weight excluding hydrogens is 201 g/mol. The second-order valence-electron chi connectivity index (χ2n) is 3.05. The first kappa shape index (κ1) is 11.3. The number of carbonyl (C=O) groups excluding carboxylic acids is 1. The Balaban J connectivity index is 2.95. The van der Waals surface area contributed by atoms with E-state index < -0.39 is 23.2 Å². The third-order valence-corrected chi connectivity index (χ3v) is 1.88. The molecule has 0 fully saturated rings. The molecule has 1 aromatic rings. The lowest BCUT2D eigenvalue weighted by Crippen LogP contribution is -2.24.